The van der Waals surface area contributed by atoms with Crippen molar-refractivity contribution in [2.75, 3.05) is 80.8 Å². The summed E-state index contributed by atoms with van der Waals surface area (Å²) in [5.41, 5.74) is 6.61. The van der Waals surface area contributed by atoms with Crippen LogP contribution in [0, 0.1) is 34.9 Å². The molecular formula is C80H71F6N23O8. The number of aromatic amines is 8. The molecule has 6 aromatic carbocycles. The van der Waals surface area contributed by atoms with Crippen LogP contribution in [0.1, 0.15) is 79.0 Å². The third-order valence-electron chi connectivity index (χ3n) is 19.5. The smallest absolute Gasteiger partial charge is 0.291 e. The number of nitrogens with zero attached hydrogens (tertiary/aromatic N) is 11. The number of nitrogens with one attached hydrogen (secondary N) is 12. The van der Waals surface area contributed by atoms with Gasteiger partial charge in [0.2, 0.25) is 0 Å². The van der Waals surface area contributed by atoms with Crippen LogP contribution in [0.2, 0.25) is 0 Å². The van der Waals surface area contributed by atoms with Gasteiger partial charge in [0.25, 0.3) is 23.6 Å². The quantitative estimate of drug-likeness (QED) is 0.0355. The monoisotopic (exact) mass is 1600 g/mol. The lowest BCUT2D eigenvalue weighted by molar-refractivity contribution is 0.0311. The first kappa shape index (κ1) is 76.7. The summed E-state index contributed by atoms with van der Waals surface area (Å²) in [6.07, 6.45) is 10.2. The lowest BCUT2D eigenvalue weighted by Gasteiger charge is -2.29. The van der Waals surface area contributed by atoms with E-state index in [-0.39, 0.29) is 63.4 Å². The Bertz CT molecular complexity index is 6140. The minimum atomic E-state index is -1.13. The number of fused-ring (bicyclic) bond motifs is 4. The van der Waals surface area contributed by atoms with Crippen molar-refractivity contribution in [3.8, 4) is 51.8 Å². The topological polar surface area (TPSA) is 400 Å². The Morgan fingerprint density at radius 1 is 0.436 bits per heavy atom. The molecule has 0 saturated carbocycles. The molecule has 13 heterocycles. The highest BCUT2D eigenvalue weighted by Gasteiger charge is 2.27. The summed E-state index contributed by atoms with van der Waals surface area (Å²) in [4.78, 5) is 86.8. The van der Waals surface area contributed by atoms with E-state index in [1.165, 1.54) is 37.4 Å². The summed E-state index contributed by atoms with van der Waals surface area (Å²) in [7, 11) is 2.10. The van der Waals surface area contributed by atoms with E-state index < -0.39 is 57.8 Å². The van der Waals surface area contributed by atoms with Crippen LogP contribution in [-0.2, 0) is 17.8 Å². The van der Waals surface area contributed by atoms with Crippen molar-refractivity contribution in [1.29, 1.82) is 0 Å². The maximum absolute atomic E-state index is 14.0. The van der Waals surface area contributed by atoms with Gasteiger partial charge in [0.1, 0.15) is 86.1 Å². The fourth-order valence-corrected chi connectivity index (χ4v) is 13.5. The molecule has 3 aliphatic rings. The largest absolute Gasteiger partial charge is 0.490 e. The average molecular weight is 1600 g/mol. The van der Waals surface area contributed by atoms with Crippen LogP contribution in [-0.4, -0.2) is 185 Å². The number of imidazole rings is 4. The molecule has 0 radical (unpaired) electrons. The lowest BCUT2D eigenvalue weighted by Crippen LogP contribution is -2.35. The van der Waals surface area contributed by atoms with E-state index in [9.17, 15) is 45.5 Å². The van der Waals surface area contributed by atoms with E-state index >= 15 is 0 Å². The molecule has 0 bridgehead atoms. The molecule has 4 amide bonds. The van der Waals surface area contributed by atoms with Gasteiger partial charge in [-0.1, -0.05) is 36.4 Å². The molecule has 12 N–H and O–H groups in total. The van der Waals surface area contributed by atoms with E-state index in [4.69, 9.17) is 18.3 Å². The SMILES string of the molecule is CN1CCC(Oc2ccc3nc(-c4[nH]ncc4NC(=O)c4c(F)cccc4F)[nH]c3c2)CC1.O=C(Nc1cn[nH]c1-c1nc2c(F)c(F)ccc2[nH]1)c1c(F)cccc1F.O=C(Nc1cn[nH]c1-c1nc2ccccc2[nH]1)c1ccc(CN2CCCC2)o1.O=C(Nc1cn[nH]c1-c1nc2ccccc2[nH]1)c1ccc(CN2CCOCC2)o1. The van der Waals surface area contributed by atoms with Crippen molar-refractivity contribution < 1.29 is 63.8 Å². The van der Waals surface area contributed by atoms with Crippen molar-refractivity contribution in [2.24, 2.45) is 0 Å². The first-order valence-electron chi connectivity index (χ1n) is 37.0. The molecule has 0 unspecified atom stereocenters. The highest BCUT2D eigenvalue weighted by Crippen LogP contribution is 2.34. The Balaban J connectivity index is 0.000000117. The lowest BCUT2D eigenvalue weighted by atomic mass is 10.1. The molecule has 0 atom stereocenters. The summed E-state index contributed by atoms with van der Waals surface area (Å²) in [5, 5.41) is 37.4. The molecule has 3 saturated heterocycles. The number of hydrogen-bond donors (Lipinski definition) is 12. The summed E-state index contributed by atoms with van der Waals surface area (Å²) in [6, 6.07) is 36.7. The summed E-state index contributed by atoms with van der Waals surface area (Å²) >= 11 is 0. The Hall–Kier alpha value is -14.3. The summed E-state index contributed by atoms with van der Waals surface area (Å²) in [5.74, 6) is -4.22. The molecule has 596 valence electrons. The van der Waals surface area contributed by atoms with Crippen LogP contribution >= 0.6 is 0 Å². The van der Waals surface area contributed by atoms with Gasteiger partial charge in [-0.05, 0) is 143 Å². The molecule has 37 heteroatoms. The number of anilines is 4. The van der Waals surface area contributed by atoms with E-state index in [1.807, 2.05) is 78.9 Å². The third kappa shape index (κ3) is 17.4. The van der Waals surface area contributed by atoms with Gasteiger partial charge in [-0.2, -0.15) is 20.4 Å². The number of benzene rings is 6. The van der Waals surface area contributed by atoms with Gasteiger partial charge in [0, 0.05) is 32.2 Å². The molecule has 10 aromatic heterocycles. The fourth-order valence-electron chi connectivity index (χ4n) is 13.5. The zero-order chi connectivity index (χ0) is 80.6. The number of likely N-dealkylation sites (tertiary alicyclic amines) is 2. The minimum Gasteiger partial charge on any atom is -0.490 e. The van der Waals surface area contributed by atoms with Crippen molar-refractivity contribution in [3.05, 3.63) is 233 Å². The Kier molecular flexibility index (Phi) is 22.4. The number of ether oxygens (including phenoxy) is 2. The van der Waals surface area contributed by atoms with Gasteiger partial charge in [0.05, 0.1) is 112 Å². The van der Waals surface area contributed by atoms with Crippen LogP contribution in [0.5, 0.6) is 5.75 Å². The first-order valence-corrected chi connectivity index (χ1v) is 37.0. The molecule has 16 aromatic rings. The van der Waals surface area contributed by atoms with Gasteiger partial charge in [-0.15, -0.1) is 0 Å². The second-order valence-electron chi connectivity index (χ2n) is 27.5. The number of carbonyl (C=O) groups is 4. The van der Waals surface area contributed by atoms with Crippen molar-refractivity contribution in [1.82, 2.24) is 95.4 Å². The molecule has 3 aliphatic heterocycles. The van der Waals surface area contributed by atoms with Gasteiger partial charge in [-0.25, -0.2) is 46.3 Å². The number of H-pyrrole nitrogens is 8. The number of piperidine rings is 1. The van der Waals surface area contributed by atoms with E-state index in [2.05, 4.69) is 124 Å². The standard InChI is InChI=1S/C23H22F2N6O2.C20H20N6O3.C20H20N6O2.C17H9F4N5O/c1-31-9-7-13(8-10-31)33-14-5-6-17-18(11-14)28-22(27-17)21-19(12-26-30-21)29-23(32)20-15(24)3-2-4-16(20)25;27-20(17-6-5-13(29-17)12-26-7-9-28-10-8-26)24-16-11-21-25-18(16)19-22-14-3-1-2-4-15(14)23-19;27-20(17-8-7-13(28-17)12-26-9-3-4-10-26)24-16-11-21-25-18(16)19-22-14-5-1-2-6-15(14)23-19;18-7-2-1-3-8(19)12(7)17(27)24-11-6-22-26-15(11)16-23-10-5-4-9(20)13(21)14(10)25-16/h2-6,11-13H,7-10H2,1H3,(H,26,30)(H,27,28)(H,29,32);1-6,11H,7-10,12H2,(H,21,25)(H,22,23)(H,24,27);1-2,5-8,11H,3-4,9-10,12H2,(H,21,25)(H,22,23)(H,24,27);1-6H,(H,22,26)(H,23,25)(H,24,27). The van der Waals surface area contributed by atoms with E-state index in [0.29, 0.717) is 58.0 Å². The number of rotatable bonds is 18. The maximum Gasteiger partial charge on any atom is 0.291 e. The number of aromatic nitrogens is 16. The molecular weight excluding hydrogens is 1530 g/mol. The van der Waals surface area contributed by atoms with E-state index in [0.717, 1.165) is 153 Å². The molecule has 0 aliphatic carbocycles. The van der Waals surface area contributed by atoms with Gasteiger partial charge in [0.15, 0.2) is 46.5 Å². The number of hydrogen-bond acceptors (Lipinski definition) is 19. The van der Waals surface area contributed by atoms with Crippen LogP contribution in [0.3, 0.4) is 0 Å². The van der Waals surface area contributed by atoms with Gasteiger partial charge < -0.3 is 64.4 Å². The second-order valence-corrected chi connectivity index (χ2v) is 27.5. The van der Waals surface area contributed by atoms with Gasteiger partial charge in [-0.3, -0.25) is 49.4 Å². The summed E-state index contributed by atoms with van der Waals surface area (Å²) in [6.45, 7) is 8.74. The molecule has 19 rings (SSSR count). The van der Waals surface area contributed by atoms with Crippen LogP contribution in [0.4, 0.5) is 49.1 Å². The summed E-state index contributed by atoms with van der Waals surface area (Å²) < 4.78 is 106. The minimum absolute atomic E-state index is 0.0441. The van der Waals surface area contributed by atoms with Crippen molar-refractivity contribution >= 4 is 90.5 Å². The third-order valence-corrected chi connectivity index (χ3v) is 19.5. The highest BCUT2D eigenvalue weighted by molar-refractivity contribution is 6.08. The predicted octanol–water partition coefficient (Wildman–Crippen LogP) is 13.7. The number of furan rings is 2. The number of carbonyl (C=O) groups excluding carboxylic acids is 4. The Morgan fingerprint density at radius 3 is 1.32 bits per heavy atom. The number of halogens is 6. The Morgan fingerprint density at radius 2 is 0.855 bits per heavy atom. The molecule has 31 nitrogen and oxygen atoms in total. The zero-order valence-electron chi connectivity index (χ0n) is 62.0. The number of para-hydroxylation sites is 4. The average Bonchev–Trinajstić information content (AvgIpc) is 1.65. The highest BCUT2D eigenvalue weighted by atomic mass is 19.2. The van der Waals surface area contributed by atoms with Crippen molar-refractivity contribution in [3.63, 3.8) is 0 Å². The van der Waals surface area contributed by atoms with Crippen molar-refractivity contribution in [2.45, 2.75) is 44.9 Å². The molecule has 117 heavy (non-hydrogen) atoms. The molecule has 0 spiro atoms. The number of morpholine rings is 1. The second kappa shape index (κ2) is 34.2. The van der Waals surface area contributed by atoms with Crippen LogP contribution < -0.4 is 26.0 Å². The normalized spacial score (nSPS) is 14.1. The van der Waals surface area contributed by atoms with E-state index in [1.54, 1.807) is 24.5 Å². The molecule has 3 fully saturated rings. The van der Waals surface area contributed by atoms with Crippen LogP contribution in [0.15, 0.2) is 173 Å². The predicted molar refractivity (Wildman–Crippen MR) is 418 cm³/mol. The first-order chi connectivity index (χ1) is 56.9. The Labute approximate surface area is 657 Å². The zero-order valence-corrected chi connectivity index (χ0v) is 62.0. The van der Waals surface area contributed by atoms with Crippen LogP contribution in [0.25, 0.3) is 90.2 Å². The fraction of sp³-hybridized carbons (Fsp3) is 0.200. The maximum atomic E-state index is 14.0. The number of amides is 4. The van der Waals surface area contributed by atoms with Gasteiger partial charge >= 0.3 is 0 Å².